The molecule has 3 aromatic rings. The van der Waals surface area contributed by atoms with E-state index in [0.29, 0.717) is 32.7 Å². The van der Waals surface area contributed by atoms with E-state index in [4.69, 9.17) is 9.47 Å². The zero-order valence-corrected chi connectivity index (χ0v) is 19.4. The van der Waals surface area contributed by atoms with Crippen molar-refractivity contribution in [3.8, 4) is 5.75 Å². The van der Waals surface area contributed by atoms with Crippen LogP contribution >= 0.6 is 0 Å². The molecule has 1 aromatic carbocycles. The first-order valence-corrected chi connectivity index (χ1v) is 11.6. The molecule has 1 aliphatic heterocycles. The van der Waals surface area contributed by atoms with Gasteiger partial charge in [-0.15, -0.1) is 0 Å². The van der Waals surface area contributed by atoms with Crippen LogP contribution in [0.4, 0.5) is 0 Å². The molecule has 2 aromatic heterocycles. The van der Waals surface area contributed by atoms with Gasteiger partial charge in [0.2, 0.25) is 5.91 Å². The first-order valence-electron chi connectivity index (χ1n) is 11.6. The summed E-state index contributed by atoms with van der Waals surface area (Å²) in [4.78, 5) is 19.3. The molecule has 1 atom stereocenters. The van der Waals surface area contributed by atoms with Crippen LogP contribution < -0.4 is 4.74 Å². The number of aryl methyl sites for hydroxylation is 3. The van der Waals surface area contributed by atoms with Crippen molar-refractivity contribution >= 4 is 5.91 Å². The molecule has 1 saturated heterocycles. The van der Waals surface area contributed by atoms with Gasteiger partial charge in [0.25, 0.3) is 0 Å². The summed E-state index contributed by atoms with van der Waals surface area (Å²) < 4.78 is 13.4. The minimum absolute atomic E-state index is 0.0881. The van der Waals surface area contributed by atoms with Gasteiger partial charge in [0.05, 0.1) is 11.8 Å². The van der Waals surface area contributed by atoms with Crippen molar-refractivity contribution < 1.29 is 14.3 Å². The van der Waals surface area contributed by atoms with Gasteiger partial charge in [0.15, 0.2) is 0 Å². The smallest absolute Gasteiger partial charge is 0.225 e. The lowest BCUT2D eigenvalue weighted by Crippen LogP contribution is -2.31. The number of pyridine rings is 1. The number of aromatic nitrogens is 3. The topological polar surface area (TPSA) is 69.5 Å². The van der Waals surface area contributed by atoms with E-state index in [1.165, 1.54) is 0 Å². The third-order valence-corrected chi connectivity index (χ3v) is 5.85. The highest BCUT2D eigenvalue weighted by molar-refractivity contribution is 5.76. The second-order valence-electron chi connectivity index (χ2n) is 8.60. The lowest BCUT2D eigenvalue weighted by Gasteiger charge is -2.23. The van der Waals surface area contributed by atoms with Crippen LogP contribution in [0, 0.1) is 13.8 Å². The molecule has 1 aliphatic rings. The van der Waals surface area contributed by atoms with Gasteiger partial charge < -0.3 is 14.4 Å². The Bertz CT molecular complexity index is 1030. The van der Waals surface area contributed by atoms with Gasteiger partial charge in [-0.1, -0.05) is 18.2 Å². The third-order valence-electron chi connectivity index (χ3n) is 5.85. The monoisotopic (exact) mass is 448 g/mol. The molecule has 4 rings (SSSR count). The van der Waals surface area contributed by atoms with Crippen LogP contribution in [0.2, 0.25) is 0 Å². The van der Waals surface area contributed by atoms with Gasteiger partial charge in [-0.25, -0.2) is 0 Å². The molecule has 0 aliphatic carbocycles. The molecular formula is C26H32N4O3. The molecule has 3 heterocycles. The number of carbonyl (C=O) groups excluding carboxylic acids is 1. The number of hydrogen-bond donors (Lipinski definition) is 0. The number of nitrogens with zero attached hydrogens (tertiary/aromatic N) is 4. The fraction of sp³-hybridized carbons (Fsp3) is 0.423. The maximum atomic E-state index is 13.2. The Morgan fingerprint density at radius 2 is 2.00 bits per heavy atom. The third kappa shape index (κ3) is 6.65. The molecule has 0 N–H and O–H groups in total. The average molecular weight is 449 g/mol. The Kier molecular flexibility index (Phi) is 7.73. The normalized spacial score (nSPS) is 15.5. The predicted octanol–water partition coefficient (Wildman–Crippen LogP) is 4.07. The number of rotatable bonds is 10. The minimum atomic E-state index is 0.0881. The van der Waals surface area contributed by atoms with Crippen molar-refractivity contribution in [3.63, 3.8) is 0 Å². The van der Waals surface area contributed by atoms with E-state index in [1.807, 2.05) is 72.1 Å². The first-order chi connectivity index (χ1) is 16.1. The molecule has 1 fully saturated rings. The summed E-state index contributed by atoms with van der Waals surface area (Å²) in [5.41, 5.74) is 4.10. The molecule has 0 unspecified atom stereocenters. The van der Waals surface area contributed by atoms with Gasteiger partial charge >= 0.3 is 0 Å². The second-order valence-corrected chi connectivity index (χ2v) is 8.60. The summed E-state index contributed by atoms with van der Waals surface area (Å²) in [6, 6.07) is 13.9. The van der Waals surface area contributed by atoms with Crippen LogP contribution in [0.15, 0.2) is 54.9 Å². The van der Waals surface area contributed by atoms with Crippen LogP contribution in [0.3, 0.4) is 0 Å². The molecule has 7 heteroatoms. The standard InChI is InChI=1S/C26H32N4O3/c1-20-15-21(2)30(28-20)13-11-26(31)29(18-23-5-3-12-27-16-23)17-22-7-9-24(10-8-22)33-19-25-6-4-14-32-25/h3,5,7-10,12,15-16,25H,4,6,11,13-14,17-19H2,1-2H3/t25-/m1/s1. The highest BCUT2D eigenvalue weighted by atomic mass is 16.5. The van der Waals surface area contributed by atoms with Crippen LogP contribution in [-0.4, -0.2) is 44.9 Å². The number of benzene rings is 1. The summed E-state index contributed by atoms with van der Waals surface area (Å²) in [5.74, 6) is 0.911. The highest BCUT2D eigenvalue weighted by Crippen LogP contribution is 2.18. The van der Waals surface area contributed by atoms with Crippen LogP contribution in [0.5, 0.6) is 5.75 Å². The maximum absolute atomic E-state index is 13.2. The minimum Gasteiger partial charge on any atom is -0.491 e. The summed E-state index contributed by atoms with van der Waals surface area (Å²) in [5, 5.41) is 4.48. The van der Waals surface area contributed by atoms with Crippen molar-refractivity contribution in [1.29, 1.82) is 0 Å². The summed E-state index contributed by atoms with van der Waals surface area (Å²) in [7, 11) is 0. The fourth-order valence-corrected chi connectivity index (χ4v) is 4.08. The van der Waals surface area contributed by atoms with Crippen molar-refractivity contribution in [2.75, 3.05) is 13.2 Å². The molecule has 0 spiro atoms. The maximum Gasteiger partial charge on any atom is 0.225 e. The molecule has 1 amide bonds. The summed E-state index contributed by atoms with van der Waals surface area (Å²) in [6.45, 7) is 7.00. The van der Waals surface area contributed by atoms with Crippen molar-refractivity contribution in [3.05, 3.63) is 77.4 Å². The Morgan fingerprint density at radius 1 is 1.18 bits per heavy atom. The van der Waals surface area contributed by atoms with Gasteiger partial charge in [0.1, 0.15) is 12.4 Å². The molecular weight excluding hydrogens is 416 g/mol. The zero-order valence-electron chi connectivity index (χ0n) is 19.4. The van der Waals surface area contributed by atoms with Crippen molar-refractivity contribution in [1.82, 2.24) is 19.7 Å². The van der Waals surface area contributed by atoms with Gasteiger partial charge in [-0.05, 0) is 62.1 Å². The largest absolute Gasteiger partial charge is 0.491 e. The lowest BCUT2D eigenvalue weighted by molar-refractivity contribution is -0.132. The van der Waals surface area contributed by atoms with Gasteiger partial charge in [0, 0.05) is 50.7 Å². The average Bonchev–Trinajstić information content (AvgIpc) is 3.46. The zero-order chi connectivity index (χ0) is 23.0. The first kappa shape index (κ1) is 23.0. The van der Waals surface area contributed by atoms with Crippen molar-refractivity contribution in [2.45, 2.75) is 58.8 Å². The van der Waals surface area contributed by atoms with E-state index in [0.717, 1.165) is 47.7 Å². The quantitative estimate of drug-likeness (QED) is 0.468. The Morgan fingerprint density at radius 3 is 2.67 bits per heavy atom. The Labute approximate surface area is 195 Å². The van der Waals surface area contributed by atoms with Gasteiger partial charge in [-0.3, -0.25) is 14.5 Å². The molecule has 174 valence electrons. The lowest BCUT2D eigenvalue weighted by atomic mass is 10.1. The number of ether oxygens (including phenoxy) is 2. The van der Waals surface area contributed by atoms with E-state index < -0.39 is 0 Å². The molecule has 33 heavy (non-hydrogen) atoms. The van der Waals surface area contributed by atoms with Crippen LogP contribution in [0.25, 0.3) is 0 Å². The van der Waals surface area contributed by atoms with E-state index in [2.05, 4.69) is 10.1 Å². The molecule has 7 nitrogen and oxygen atoms in total. The number of hydrogen-bond acceptors (Lipinski definition) is 5. The van der Waals surface area contributed by atoms with Crippen LogP contribution in [0.1, 0.15) is 41.8 Å². The number of amides is 1. The number of carbonyl (C=O) groups is 1. The van der Waals surface area contributed by atoms with E-state index >= 15 is 0 Å². The van der Waals surface area contributed by atoms with E-state index in [9.17, 15) is 4.79 Å². The molecule has 0 saturated carbocycles. The summed E-state index contributed by atoms with van der Waals surface area (Å²) in [6.07, 6.45) is 6.30. The SMILES string of the molecule is Cc1cc(C)n(CCC(=O)N(Cc2ccc(OC[C@H]3CCCO3)cc2)Cc2cccnc2)n1. The van der Waals surface area contributed by atoms with Crippen LogP contribution in [-0.2, 0) is 29.2 Å². The highest BCUT2D eigenvalue weighted by Gasteiger charge is 2.17. The molecule has 0 radical (unpaired) electrons. The Balaban J connectivity index is 1.39. The van der Waals surface area contributed by atoms with Gasteiger partial charge in [-0.2, -0.15) is 5.10 Å². The Hall–Kier alpha value is -3.19. The fourth-order valence-electron chi connectivity index (χ4n) is 4.08. The van der Waals surface area contributed by atoms with E-state index in [-0.39, 0.29) is 12.0 Å². The van der Waals surface area contributed by atoms with E-state index in [1.54, 1.807) is 6.20 Å². The van der Waals surface area contributed by atoms with Crippen molar-refractivity contribution in [2.24, 2.45) is 0 Å². The second kappa shape index (κ2) is 11.1. The predicted molar refractivity (Wildman–Crippen MR) is 126 cm³/mol. The summed E-state index contributed by atoms with van der Waals surface area (Å²) >= 11 is 0. The molecule has 0 bridgehead atoms.